The third-order valence-corrected chi connectivity index (χ3v) is 2.14. The molecule has 0 bridgehead atoms. The Hall–Kier alpha value is -1.16. The number of ether oxygens (including phenoxy) is 1. The molecular weight excluding hydrogens is 204 g/mol. The molecule has 1 atom stereocenters. The first-order valence-corrected chi connectivity index (χ1v) is 5.73. The number of aliphatic hydroxyl groups excluding tert-OH is 1. The smallest absolute Gasteiger partial charge is 0.232 e. The predicted molar refractivity (Wildman–Crippen MR) is 62.4 cm³/mol. The van der Waals surface area contributed by atoms with Crippen molar-refractivity contribution in [3.05, 3.63) is 18.1 Å². The van der Waals surface area contributed by atoms with Gasteiger partial charge in [0, 0.05) is 12.6 Å². The largest absolute Gasteiger partial charge is 0.477 e. The molecule has 1 N–H and O–H groups in total. The zero-order valence-corrected chi connectivity index (χ0v) is 10.2. The first-order chi connectivity index (χ1) is 7.61. The van der Waals surface area contributed by atoms with E-state index in [4.69, 9.17) is 4.74 Å². The molecule has 0 aliphatic rings. The molecule has 1 rings (SSSR count). The Labute approximate surface area is 96.7 Å². The molecule has 16 heavy (non-hydrogen) atoms. The fourth-order valence-corrected chi connectivity index (χ4v) is 1.57. The van der Waals surface area contributed by atoms with E-state index in [1.807, 2.05) is 6.92 Å². The molecule has 90 valence electrons. The molecule has 0 aliphatic carbocycles. The average molecular weight is 224 g/mol. The van der Waals surface area contributed by atoms with Gasteiger partial charge in [-0.2, -0.15) is 0 Å². The van der Waals surface area contributed by atoms with Crippen LogP contribution in [0.2, 0.25) is 0 Å². The van der Waals surface area contributed by atoms with Crippen LogP contribution in [0.4, 0.5) is 0 Å². The molecule has 1 aromatic heterocycles. The second kappa shape index (κ2) is 6.43. The van der Waals surface area contributed by atoms with Crippen LogP contribution in [0.3, 0.4) is 0 Å². The minimum absolute atomic E-state index is 0.355. The monoisotopic (exact) mass is 224 g/mol. The molecule has 0 spiro atoms. The Morgan fingerprint density at radius 2 is 2.12 bits per heavy atom. The first kappa shape index (κ1) is 12.9. The number of rotatable bonds is 6. The van der Waals surface area contributed by atoms with Gasteiger partial charge < -0.3 is 9.84 Å². The summed E-state index contributed by atoms with van der Waals surface area (Å²) in [5.41, 5.74) is 0.777. The average Bonchev–Trinajstić information content (AvgIpc) is 2.17. The van der Waals surface area contributed by atoms with Gasteiger partial charge in [0.25, 0.3) is 0 Å². The van der Waals surface area contributed by atoms with Crippen LogP contribution in [0.5, 0.6) is 5.88 Å². The van der Waals surface area contributed by atoms with Gasteiger partial charge in [0.05, 0.1) is 24.6 Å². The lowest BCUT2D eigenvalue weighted by atomic mass is 10.0. The molecule has 4 nitrogen and oxygen atoms in total. The highest BCUT2D eigenvalue weighted by atomic mass is 16.5. The van der Waals surface area contributed by atoms with Gasteiger partial charge in [-0.1, -0.05) is 13.8 Å². The summed E-state index contributed by atoms with van der Waals surface area (Å²) in [5, 5.41) is 9.79. The summed E-state index contributed by atoms with van der Waals surface area (Å²) >= 11 is 0. The Kier molecular flexibility index (Phi) is 5.19. The zero-order chi connectivity index (χ0) is 12.0. The van der Waals surface area contributed by atoms with Gasteiger partial charge in [-0.15, -0.1) is 0 Å². The summed E-state index contributed by atoms with van der Waals surface area (Å²) in [7, 11) is 0. The van der Waals surface area contributed by atoms with Crippen molar-refractivity contribution in [2.24, 2.45) is 5.92 Å². The van der Waals surface area contributed by atoms with E-state index >= 15 is 0 Å². The molecule has 1 heterocycles. The normalized spacial score (nSPS) is 12.8. The van der Waals surface area contributed by atoms with Gasteiger partial charge in [-0.25, -0.2) is 4.98 Å². The van der Waals surface area contributed by atoms with Gasteiger partial charge in [0.15, 0.2) is 0 Å². The Bertz CT molecular complexity index is 316. The van der Waals surface area contributed by atoms with Gasteiger partial charge >= 0.3 is 0 Å². The number of nitrogens with zero attached hydrogens (tertiary/aromatic N) is 2. The fourth-order valence-electron chi connectivity index (χ4n) is 1.57. The molecule has 0 saturated carbocycles. The maximum absolute atomic E-state index is 9.79. The quantitative estimate of drug-likeness (QED) is 0.801. The van der Waals surface area contributed by atoms with E-state index < -0.39 is 0 Å². The third kappa shape index (κ3) is 4.57. The summed E-state index contributed by atoms with van der Waals surface area (Å²) in [6, 6.07) is 0. The molecule has 0 fully saturated rings. The third-order valence-electron chi connectivity index (χ3n) is 2.14. The second-order valence-corrected chi connectivity index (χ2v) is 4.27. The first-order valence-electron chi connectivity index (χ1n) is 5.73. The number of aromatic nitrogens is 2. The standard InChI is InChI=1S/C12H20N2O2/c1-4-16-12-8-13-7-10(14-12)6-11(15)5-9(2)3/h7-9,11,15H,4-6H2,1-3H3. The van der Waals surface area contributed by atoms with E-state index in [0.29, 0.717) is 24.8 Å². The minimum Gasteiger partial charge on any atom is -0.477 e. The van der Waals surface area contributed by atoms with Gasteiger partial charge in [-0.3, -0.25) is 4.98 Å². The molecule has 0 aromatic carbocycles. The van der Waals surface area contributed by atoms with Crippen molar-refractivity contribution in [1.29, 1.82) is 0 Å². The number of aliphatic hydroxyl groups is 1. The molecule has 1 aromatic rings. The van der Waals surface area contributed by atoms with Gasteiger partial charge in [-0.05, 0) is 19.3 Å². The lowest BCUT2D eigenvalue weighted by Gasteiger charge is -2.12. The van der Waals surface area contributed by atoms with Crippen molar-refractivity contribution in [1.82, 2.24) is 9.97 Å². The fraction of sp³-hybridized carbons (Fsp3) is 0.667. The molecule has 0 amide bonds. The SMILES string of the molecule is CCOc1cncc(CC(O)CC(C)C)n1. The molecule has 0 saturated heterocycles. The highest BCUT2D eigenvalue weighted by Gasteiger charge is 2.09. The molecule has 0 radical (unpaired) electrons. The van der Waals surface area contributed by atoms with E-state index in [9.17, 15) is 5.11 Å². The van der Waals surface area contributed by atoms with Crippen molar-refractivity contribution < 1.29 is 9.84 Å². The minimum atomic E-state index is -0.355. The van der Waals surface area contributed by atoms with Crippen LogP contribution in [0.25, 0.3) is 0 Å². The van der Waals surface area contributed by atoms with E-state index in [1.165, 1.54) is 0 Å². The summed E-state index contributed by atoms with van der Waals surface area (Å²) in [5.74, 6) is 1.01. The highest BCUT2D eigenvalue weighted by molar-refractivity contribution is 5.09. The lowest BCUT2D eigenvalue weighted by Crippen LogP contribution is -2.14. The van der Waals surface area contributed by atoms with Crippen molar-refractivity contribution in [3.8, 4) is 5.88 Å². The number of hydrogen-bond acceptors (Lipinski definition) is 4. The van der Waals surface area contributed by atoms with Crippen LogP contribution in [0, 0.1) is 5.92 Å². The summed E-state index contributed by atoms with van der Waals surface area (Å²) in [6.07, 6.45) is 4.21. The van der Waals surface area contributed by atoms with Crippen LogP contribution in [0.15, 0.2) is 12.4 Å². The highest BCUT2D eigenvalue weighted by Crippen LogP contribution is 2.11. The van der Waals surface area contributed by atoms with E-state index in [-0.39, 0.29) is 6.10 Å². The van der Waals surface area contributed by atoms with Crippen molar-refractivity contribution in [3.63, 3.8) is 0 Å². The van der Waals surface area contributed by atoms with E-state index in [2.05, 4.69) is 23.8 Å². The molecule has 0 aliphatic heterocycles. The van der Waals surface area contributed by atoms with Crippen molar-refractivity contribution in [2.75, 3.05) is 6.61 Å². The summed E-state index contributed by atoms with van der Waals surface area (Å²) in [6.45, 7) is 6.66. The van der Waals surface area contributed by atoms with E-state index in [0.717, 1.165) is 12.1 Å². The summed E-state index contributed by atoms with van der Waals surface area (Å²) in [4.78, 5) is 8.30. The molecular formula is C12H20N2O2. The van der Waals surface area contributed by atoms with E-state index in [1.54, 1.807) is 12.4 Å². The Morgan fingerprint density at radius 3 is 2.75 bits per heavy atom. The van der Waals surface area contributed by atoms with Gasteiger partial charge in [0.1, 0.15) is 0 Å². The van der Waals surface area contributed by atoms with Crippen LogP contribution in [0.1, 0.15) is 32.9 Å². The molecule has 1 unspecified atom stereocenters. The van der Waals surface area contributed by atoms with Gasteiger partial charge in [0.2, 0.25) is 5.88 Å². The second-order valence-electron chi connectivity index (χ2n) is 4.27. The van der Waals surface area contributed by atoms with Crippen LogP contribution >= 0.6 is 0 Å². The van der Waals surface area contributed by atoms with Crippen LogP contribution < -0.4 is 4.74 Å². The Balaban J connectivity index is 2.55. The topological polar surface area (TPSA) is 55.2 Å². The van der Waals surface area contributed by atoms with Crippen molar-refractivity contribution >= 4 is 0 Å². The number of hydrogen-bond donors (Lipinski definition) is 1. The zero-order valence-electron chi connectivity index (χ0n) is 10.2. The van der Waals surface area contributed by atoms with Crippen molar-refractivity contribution in [2.45, 2.75) is 39.7 Å². The maximum Gasteiger partial charge on any atom is 0.232 e. The summed E-state index contributed by atoms with van der Waals surface area (Å²) < 4.78 is 5.25. The van der Waals surface area contributed by atoms with Crippen LogP contribution in [-0.4, -0.2) is 27.8 Å². The predicted octanol–water partition coefficient (Wildman–Crippen LogP) is 1.82. The maximum atomic E-state index is 9.79. The molecule has 4 heteroatoms. The lowest BCUT2D eigenvalue weighted by molar-refractivity contribution is 0.147. The Morgan fingerprint density at radius 1 is 1.38 bits per heavy atom. The van der Waals surface area contributed by atoms with Crippen LogP contribution in [-0.2, 0) is 6.42 Å².